The zero-order valence-corrected chi connectivity index (χ0v) is 8.20. The van der Waals surface area contributed by atoms with Gasteiger partial charge in [-0.25, -0.2) is 0 Å². The third-order valence-corrected chi connectivity index (χ3v) is 2.47. The molecule has 0 saturated carbocycles. The fourth-order valence-corrected chi connectivity index (χ4v) is 1.62. The van der Waals surface area contributed by atoms with Crippen LogP contribution in [0.25, 0.3) is 0 Å². The van der Waals surface area contributed by atoms with E-state index < -0.39 is 0 Å². The minimum absolute atomic E-state index is 0.707. The maximum absolute atomic E-state index is 5.39. The fraction of sp³-hybridized carbons (Fsp3) is 0.455. The molecule has 2 rings (SSSR count). The lowest BCUT2D eigenvalue weighted by Crippen LogP contribution is -2.27. The molecular formula is C11H16N2O. The Labute approximate surface area is 84.4 Å². The molecule has 0 amide bonds. The van der Waals surface area contributed by atoms with E-state index in [0.29, 0.717) is 5.92 Å². The lowest BCUT2D eigenvalue weighted by molar-refractivity contribution is 0.179. The van der Waals surface area contributed by atoms with E-state index in [4.69, 9.17) is 4.84 Å². The number of nitrogens with one attached hydrogen (secondary N) is 2. The fourth-order valence-electron chi connectivity index (χ4n) is 1.62. The number of para-hydroxylation sites is 1. The van der Waals surface area contributed by atoms with Gasteiger partial charge in [-0.15, -0.1) is 0 Å². The van der Waals surface area contributed by atoms with Gasteiger partial charge in [0.2, 0.25) is 0 Å². The lowest BCUT2D eigenvalue weighted by Gasteiger charge is -2.10. The van der Waals surface area contributed by atoms with Crippen LogP contribution in [0.4, 0.5) is 0 Å². The molecule has 0 spiro atoms. The van der Waals surface area contributed by atoms with Gasteiger partial charge in [-0.2, -0.15) is 5.48 Å². The summed E-state index contributed by atoms with van der Waals surface area (Å²) in [5.74, 6) is 1.58. The first-order valence-electron chi connectivity index (χ1n) is 5.10. The molecule has 0 aromatic heterocycles. The Morgan fingerprint density at radius 1 is 1.36 bits per heavy atom. The molecule has 0 aliphatic carbocycles. The van der Waals surface area contributed by atoms with Gasteiger partial charge in [0.1, 0.15) is 5.75 Å². The average molecular weight is 192 g/mol. The summed E-state index contributed by atoms with van der Waals surface area (Å²) in [5.41, 5.74) is 3.00. The molecule has 1 atom stereocenters. The molecule has 3 heteroatoms. The van der Waals surface area contributed by atoms with E-state index in [-0.39, 0.29) is 0 Å². The van der Waals surface area contributed by atoms with E-state index in [0.717, 1.165) is 25.4 Å². The minimum Gasteiger partial charge on any atom is -0.409 e. The van der Waals surface area contributed by atoms with Crippen LogP contribution in [0.5, 0.6) is 5.75 Å². The molecule has 1 saturated heterocycles. The molecule has 2 N–H and O–H groups in total. The second-order valence-electron chi connectivity index (χ2n) is 3.62. The molecule has 1 fully saturated rings. The first kappa shape index (κ1) is 9.49. The highest BCUT2D eigenvalue weighted by Crippen LogP contribution is 2.08. The van der Waals surface area contributed by atoms with Crippen molar-refractivity contribution in [3.8, 4) is 5.75 Å². The third-order valence-electron chi connectivity index (χ3n) is 2.47. The van der Waals surface area contributed by atoms with Crippen molar-refractivity contribution in [1.29, 1.82) is 0 Å². The third kappa shape index (κ3) is 2.72. The molecule has 1 aromatic carbocycles. The van der Waals surface area contributed by atoms with Gasteiger partial charge in [-0.3, -0.25) is 0 Å². The van der Waals surface area contributed by atoms with Crippen LogP contribution >= 0.6 is 0 Å². The van der Waals surface area contributed by atoms with Gasteiger partial charge in [-0.1, -0.05) is 18.2 Å². The molecule has 3 nitrogen and oxygen atoms in total. The molecule has 0 bridgehead atoms. The van der Waals surface area contributed by atoms with Crippen molar-refractivity contribution < 1.29 is 4.84 Å². The van der Waals surface area contributed by atoms with Crippen molar-refractivity contribution in [2.75, 3.05) is 19.6 Å². The zero-order chi connectivity index (χ0) is 9.64. The molecule has 1 aliphatic heterocycles. The summed E-state index contributed by atoms with van der Waals surface area (Å²) in [6.07, 6.45) is 1.24. The summed E-state index contributed by atoms with van der Waals surface area (Å²) >= 11 is 0. The summed E-state index contributed by atoms with van der Waals surface area (Å²) in [6, 6.07) is 9.80. The summed E-state index contributed by atoms with van der Waals surface area (Å²) in [6.45, 7) is 3.16. The predicted molar refractivity (Wildman–Crippen MR) is 56.0 cm³/mol. The molecule has 0 radical (unpaired) electrons. The van der Waals surface area contributed by atoms with Gasteiger partial charge >= 0.3 is 0 Å². The highest BCUT2D eigenvalue weighted by atomic mass is 16.6. The topological polar surface area (TPSA) is 33.3 Å². The van der Waals surface area contributed by atoms with E-state index in [1.54, 1.807) is 0 Å². The molecule has 1 aromatic rings. The van der Waals surface area contributed by atoms with Crippen molar-refractivity contribution in [3.63, 3.8) is 0 Å². The van der Waals surface area contributed by atoms with Crippen LogP contribution in [0.3, 0.4) is 0 Å². The van der Waals surface area contributed by atoms with Crippen molar-refractivity contribution in [3.05, 3.63) is 30.3 Å². The average Bonchev–Trinajstić information content (AvgIpc) is 2.72. The van der Waals surface area contributed by atoms with E-state index in [1.165, 1.54) is 6.42 Å². The first-order valence-corrected chi connectivity index (χ1v) is 5.10. The quantitative estimate of drug-likeness (QED) is 0.703. The Bertz CT molecular complexity index is 257. The van der Waals surface area contributed by atoms with Crippen LogP contribution in [0.1, 0.15) is 6.42 Å². The Morgan fingerprint density at radius 3 is 2.93 bits per heavy atom. The Balaban J connectivity index is 1.67. The number of hydroxylamine groups is 1. The van der Waals surface area contributed by atoms with Gasteiger partial charge in [0, 0.05) is 6.54 Å². The summed E-state index contributed by atoms with van der Waals surface area (Å²) < 4.78 is 0. The zero-order valence-electron chi connectivity index (χ0n) is 8.20. The highest BCUT2D eigenvalue weighted by Gasteiger charge is 2.13. The Hall–Kier alpha value is -1.06. The Kier molecular flexibility index (Phi) is 3.38. The van der Waals surface area contributed by atoms with Gasteiger partial charge in [-0.05, 0) is 37.6 Å². The minimum atomic E-state index is 0.707. The van der Waals surface area contributed by atoms with Crippen LogP contribution in [0.2, 0.25) is 0 Å². The number of hydrogen-bond donors (Lipinski definition) is 2. The number of benzene rings is 1. The van der Waals surface area contributed by atoms with Gasteiger partial charge < -0.3 is 10.2 Å². The molecule has 1 unspecified atom stereocenters. The maximum Gasteiger partial charge on any atom is 0.147 e. The van der Waals surface area contributed by atoms with Crippen molar-refractivity contribution >= 4 is 0 Å². The van der Waals surface area contributed by atoms with Crippen LogP contribution in [-0.2, 0) is 0 Å². The SMILES string of the molecule is c1ccc(ONCC2CCNC2)cc1. The van der Waals surface area contributed by atoms with E-state index in [9.17, 15) is 0 Å². The van der Waals surface area contributed by atoms with Crippen LogP contribution in [0, 0.1) is 5.92 Å². The maximum atomic E-state index is 5.39. The predicted octanol–water partition coefficient (Wildman–Crippen LogP) is 1.18. The number of hydrogen-bond acceptors (Lipinski definition) is 3. The first-order chi connectivity index (χ1) is 6.95. The molecule has 1 heterocycles. The summed E-state index contributed by atoms with van der Waals surface area (Å²) in [7, 11) is 0. The van der Waals surface area contributed by atoms with Gasteiger partial charge in [0.15, 0.2) is 0 Å². The molecular weight excluding hydrogens is 176 g/mol. The Morgan fingerprint density at radius 2 is 2.21 bits per heavy atom. The largest absolute Gasteiger partial charge is 0.409 e. The van der Waals surface area contributed by atoms with Crippen molar-refractivity contribution in [1.82, 2.24) is 10.8 Å². The smallest absolute Gasteiger partial charge is 0.147 e. The summed E-state index contributed by atoms with van der Waals surface area (Å²) in [4.78, 5) is 5.39. The highest BCUT2D eigenvalue weighted by molar-refractivity contribution is 5.20. The molecule has 14 heavy (non-hydrogen) atoms. The van der Waals surface area contributed by atoms with Crippen molar-refractivity contribution in [2.24, 2.45) is 5.92 Å². The van der Waals surface area contributed by atoms with Crippen molar-refractivity contribution in [2.45, 2.75) is 6.42 Å². The van der Waals surface area contributed by atoms with Gasteiger partial charge in [0.05, 0.1) is 0 Å². The number of rotatable bonds is 4. The standard InChI is InChI=1S/C11H16N2O/c1-2-4-11(5-3-1)14-13-9-10-6-7-12-8-10/h1-5,10,12-13H,6-9H2. The monoisotopic (exact) mass is 192 g/mol. The normalized spacial score (nSPS) is 21.0. The van der Waals surface area contributed by atoms with Crippen LogP contribution in [-0.4, -0.2) is 19.6 Å². The van der Waals surface area contributed by atoms with Crippen LogP contribution < -0.4 is 15.6 Å². The lowest BCUT2D eigenvalue weighted by atomic mass is 10.1. The van der Waals surface area contributed by atoms with E-state index in [2.05, 4.69) is 10.8 Å². The van der Waals surface area contributed by atoms with E-state index in [1.807, 2.05) is 30.3 Å². The second-order valence-corrected chi connectivity index (χ2v) is 3.62. The second kappa shape index (κ2) is 4.98. The summed E-state index contributed by atoms with van der Waals surface area (Å²) in [5, 5.41) is 3.33. The molecule has 1 aliphatic rings. The molecule has 76 valence electrons. The van der Waals surface area contributed by atoms with E-state index >= 15 is 0 Å². The van der Waals surface area contributed by atoms with Gasteiger partial charge in [0.25, 0.3) is 0 Å². The van der Waals surface area contributed by atoms with Crippen LogP contribution in [0.15, 0.2) is 30.3 Å².